The van der Waals surface area contributed by atoms with Gasteiger partial charge in [0.25, 0.3) is 0 Å². The van der Waals surface area contributed by atoms with Crippen molar-refractivity contribution in [3.63, 3.8) is 0 Å². The minimum absolute atomic E-state index is 0.0422. The molecule has 1 saturated heterocycles. The third-order valence-electron chi connectivity index (χ3n) is 5.33. The van der Waals surface area contributed by atoms with Crippen molar-refractivity contribution in [3.05, 3.63) is 0 Å². The first-order valence-corrected chi connectivity index (χ1v) is 8.36. The van der Waals surface area contributed by atoms with Gasteiger partial charge in [0.2, 0.25) is 5.91 Å². The molecule has 6 heteroatoms. The van der Waals surface area contributed by atoms with E-state index in [2.05, 4.69) is 4.90 Å². The third-order valence-corrected chi connectivity index (χ3v) is 5.33. The van der Waals surface area contributed by atoms with Crippen molar-refractivity contribution in [3.8, 4) is 0 Å². The monoisotopic (exact) mass is 312 g/mol. The van der Waals surface area contributed by atoms with Gasteiger partial charge in [0.05, 0.1) is 18.1 Å². The van der Waals surface area contributed by atoms with Gasteiger partial charge < -0.3 is 15.1 Å². The van der Waals surface area contributed by atoms with E-state index in [1.54, 1.807) is 11.9 Å². The molecule has 22 heavy (non-hydrogen) atoms. The molecule has 1 aliphatic carbocycles. The minimum Gasteiger partial charge on any atom is -0.481 e. The van der Waals surface area contributed by atoms with Crippen LogP contribution in [0.4, 0.5) is 0 Å². The molecule has 126 valence electrons. The molecule has 1 heterocycles. The maximum absolute atomic E-state index is 11.9. The van der Waals surface area contributed by atoms with Gasteiger partial charge in [-0.15, -0.1) is 0 Å². The number of likely N-dealkylation sites (N-methyl/N-ethyl adjacent to an activating group) is 1. The summed E-state index contributed by atoms with van der Waals surface area (Å²) < 4.78 is 0. The van der Waals surface area contributed by atoms with Gasteiger partial charge in [-0.3, -0.25) is 14.5 Å². The highest BCUT2D eigenvalue weighted by Crippen LogP contribution is 2.30. The normalized spacial score (nSPS) is 31.0. The van der Waals surface area contributed by atoms with Crippen LogP contribution in [0.25, 0.3) is 0 Å². The van der Waals surface area contributed by atoms with Crippen molar-refractivity contribution in [2.24, 2.45) is 5.92 Å². The summed E-state index contributed by atoms with van der Waals surface area (Å²) in [7, 11) is 1.78. The third kappa shape index (κ3) is 3.60. The first-order chi connectivity index (χ1) is 10.5. The van der Waals surface area contributed by atoms with Crippen LogP contribution in [0.3, 0.4) is 0 Å². The van der Waals surface area contributed by atoms with Gasteiger partial charge in [0, 0.05) is 19.5 Å². The zero-order valence-electron chi connectivity index (χ0n) is 13.6. The molecule has 0 unspecified atom stereocenters. The molecular formula is C16H28N2O4. The lowest BCUT2D eigenvalue weighted by atomic mass is 9.84. The predicted octanol–water partition coefficient (Wildman–Crippen LogP) is 0.933. The molecule has 3 atom stereocenters. The summed E-state index contributed by atoms with van der Waals surface area (Å²) in [5, 5.41) is 19.8. The molecule has 0 aromatic carbocycles. The average molecular weight is 312 g/mol. The van der Waals surface area contributed by atoms with E-state index in [4.69, 9.17) is 5.11 Å². The van der Waals surface area contributed by atoms with Gasteiger partial charge in [-0.1, -0.05) is 6.92 Å². The van der Waals surface area contributed by atoms with Crippen LogP contribution in [0.5, 0.6) is 0 Å². The predicted molar refractivity (Wildman–Crippen MR) is 82.4 cm³/mol. The summed E-state index contributed by atoms with van der Waals surface area (Å²) in [5.41, 5.74) is 0. The summed E-state index contributed by atoms with van der Waals surface area (Å²) in [4.78, 5) is 26.9. The maximum atomic E-state index is 11.9. The largest absolute Gasteiger partial charge is 0.481 e. The fraction of sp³-hybridized carbons (Fsp3) is 0.875. The van der Waals surface area contributed by atoms with Gasteiger partial charge in [-0.25, -0.2) is 0 Å². The van der Waals surface area contributed by atoms with E-state index in [-0.39, 0.29) is 23.9 Å². The van der Waals surface area contributed by atoms with Gasteiger partial charge in [-0.05, 0) is 45.2 Å². The summed E-state index contributed by atoms with van der Waals surface area (Å²) >= 11 is 0. The molecule has 1 saturated carbocycles. The number of aliphatic carboxylic acids is 1. The Hall–Kier alpha value is -1.14. The number of rotatable bonds is 4. The van der Waals surface area contributed by atoms with Crippen molar-refractivity contribution in [2.75, 3.05) is 20.1 Å². The highest BCUT2D eigenvalue weighted by Gasteiger charge is 2.39. The van der Waals surface area contributed by atoms with E-state index in [0.717, 1.165) is 32.4 Å². The van der Waals surface area contributed by atoms with Crippen LogP contribution in [-0.2, 0) is 9.59 Å². The van der Waals surface area contributed by atoms with Crippen LogP contribution in [0.15, 0.2) is 0 Å². The van der Waals surface area contributed by atoms with Crippen LogP contribution >= 0.6 is 0 Å². The molecule has 6 nitrogen and oxygen atoms in total. The molecule has 0 spiro atoms. The highest BCUT2D eigenvalue weighted by atomic mass is 16.4. The SMILES string of the molecule is CCC(=O)N(C)[C@@H]1CCC[C@H](N2CCC(C(=O)O)CC2)[C@H]1O. The van der Waals surface area contributed by atoms with Crippen molar-refractivity contribution < 1.29 is 19.8 Å². The van der Waals surface area contributed by atoms with Crippen LogP contribution in [-0.4, -0.2) is 70.2 Å². The molecule has 0 bridgehead atoms. The number of hydrogen-bond donors (Lipinski definition) is 2. The number of carboxylic acids is 1. The first-order valence-electron chi connectivity index (χ1n) is 8.36. The number of likely N-dealkylation sites (tertiary alicyclic amines) is 1. The molecule has 0 aromatic heterocycles. The second-order valence-electron chi connectivity index (χ2n) is 6.56. The fourth-order valence-corrected chi connectivity index (χ4v) is 3.87. The molecule has 1 aliphatic heterocycles. The number of carbonyl (C=O) groups excluding carboxylic acids is 1. The Bertz CT molecular complexity index is 407. The van der Waals surface area contributed by atoms with Crippen molar-refractivity contribution in [1.82, 2.24) is 9.80 Å². The standard InChI is InChI=1S/C16H28N2O4/c1-3-14(19)17(2)12-5-4-6-13(15(12)20)18-9-7-11(8-10-18)16(21)22/h11-13,15,20H,3-10H2,1-2H3,(H,21,22)/t12-,13+,15+/m1/s1. The lowest BCUT2D eigenvalue weighted by molar-refractivity contribution is -0.145. The van der Waals surface area contributed by atoms with Crippen molar-refractivity contribution in [2.45, 2.75) is 63.6 Å². The van der Waals surface area contributed by atoms with E-state index in [1.807, 2.05) is 6.92 Å². The van der Waals surface area contributed by atoms with Gasteiger partial charge in [0.15, 0.2) is 0 Å². The van der Waals surface area contributed by atoms with E-state index in [9.17, 15) is 14.7 Å². The Morgan fingerprint density at radius 1 is 1.18 bits per heavy atom. The van der Waals surface area contributed by atoms with E-state index in [0.29, 0.717) is 19.3 Å². The minimum atomic E-state index is -0.713. The van der Waals surface area contributed by atoms with E-state index >= 15 is 0 Å². The number of piperidine rings is 1. The lowest BCUT2D eigenvalue weighted by Gasteiger charge is -2.46. The van der Waals surface area contributed by atoms with Gasteiger partial charge in [0.1, 0.15) is 0 Å². The Balaban J connectivity index is 1.97. The molecule has 2 N–H and O–H groups in total. The van der Waals surface area contributed by atoms with Gasteiger partial charge in [-0.2, -0.15) is 0 Å². The Morgan fingerprint density at radius 2 is 1.82 bits per heavy atom. The summed E-state index contributed by atoms with van der Waals surface area (Å²) in [6.07, 6.45) is 3.95. The molecule has 0 aromatic rings. The van der Waals surface area contributed by atoms with Crippen molar-refractivity contribution >= 4 is 11.9 Å². The maximum Gasteiger partial charge on any atom is 0.306 e. The zero-order valence-corrected chi connectivity index (χ0v) is 13.6. The number of aliphatic hydroxyl groups excluding tert-OH is 1. The van der Waals surface area contributed by atoms with Crippen LogP contribution < -0.4 is 0 Å². The van der Waals surface area contributed by atoms with Crippen LogP contribution in [0, 0.1) is 5.92 Å². The number of amides is 1. The lowest BCUT2D eigenvalue weighted by Crippen LogP contribution is -2.58. The highest BCUT2D eigenvalue weighted by molar-refractivity contribution is 5.75. The molecule has 2 fully saturated rings. The zero-order chi connectivity index (χ0) is 16.3. The summed E-state index contributed by atoms with van der Waals surface area (Å²) in [6, 6.07) is -0.0796. The number of carbonyl (C=O) groups is 2. The Morgan fingerprint density at radius 3 is 2.36 bits per heavy atom. The van der Waals surface area contributed by atoms with Gasteiger partial charge >= 0.3 is 5.97 Å². The van der Waals surface area contributed by atoms with E-state index in [1.165, 1.54) is 0 Å². The Kier molecular flexibility index (Phi) is 5.81. The fourth-order valence-electron chi connectivity index (χ4n) is 3.87. The summed E-state index contributed by atoms with van der Waals surface area (Å²) in [5.74, 6) is -0.901. The molecule has 1 amide bonds. The smallest absolute Gasteiger partial charge is 0.306 e. The van der Waals surface area contributed by atoms with Crippen molar-refractivity contribution in [1.29, 1.82) is 0 Å². The average Bonchev–Trinajstić information content (AvgIpc) is 2.53. The van der Waals surface area contributed by atoms with E-state index < -0.39 is 12.1 Å². The number of carboxylic acid groups (broad SMARTS) is 1. The number of aliphatic hydroxyl groups is 1. The Labute approximate surface area is 132 Å². The topological polar surface area (TPSA) is 81.1 Å². The van der Waals surface area contributed by atoms with Crippen LogP contribution in [0.2, 0.25) is 0 Å². The molecule has 0 radical (unpaired) electrons. The number of nitrogens with zero attached hydrogens (tertiary/aromatic N) is 2. The quantitative estimate of drug-likeness (QED) is 0.807. The number of hydrogen-bond acceptors (Lipinski definition) is 4. The molecule has 2 rings (SSSR count). The second kappa shape index (κ2) is 7.42. The first kappa shape index (κ1) is 17.2. The molecule has 2 aliphatic rings. The summed E-state index contributed by atoms with van der Waals surface area (Å²) in [6.45, 7) is 3.27. The molecular weight excluding hydrogens is 284 g/mol. The second-order valence-corrected chi connectivity index (χ2v) is 6.56. The van der Waals surface area contributed by atoms with Crippen LogP contribution in [0.1, 0.15) is 45.4 Å².